The molecule has 1 aromatic heterocycles. The molecule has 0 spiro atoms. The number of amides is 1. The molecule has 2 N–H and O–H groups in total. The molecule has 1 atom stereocenters. The molecule has 7 heteroatoms. The zero-order chi connectivity index (χ0) is 14.5. The molecule has 0 aliphatic heterocycles. The summed E-state index contributed by atoms with van der Waals surface area (Å²) >= 11 is 11.4. The van der Waals surface area contributed by atoms with Crippen molar-refractivity contribution in [3.63, 3.8) is 0 Å². The van der Waals surface area contributed by atoms with Crippen molar-refractivity contribution in [1.82, 2.24) is 10.3 Å². The fourth-order valence-corrected chi connectivity index (χ4v) is 2.08. The van der Waals surface area contributed by atoms with Crippen LogP contribution in [0.15, 0.2) is 12.1 Å². The number of aliphatic hydroxyl groups is 1. The Morgan fingerprint density at radius 1 is 1.45 bits per heavy atom. The van der Waals surface area contributed by atoms with Crippen LogP contribution in [-0.2, 0) is 4.74 Å². The highest BCUT2D eigenvalue weighted by Gasteiger charge is 2.21. The molecule has 1 unspecified atom stereocenters. The maximum Gasteiger partial charge on any atom is 0.251 e. The van der Waals surface area contributed by atoms with Crippen molar-refractivity contribution in [2.24, 2.45) is 5.92 Å². The average Bonchev–Trinajstić information content (AvgIpc) is 3.19. The number of ether oxygens (including phenoxy) is 1. The van der Waals surface area contributed by atoms with E-state index in [9.17, 15) is 9.90 Å². The van der Waals surface area contributed by atoms with Crippen LogP contribution >= 0.6 is 23.2 Å². The van der Waals surface area contributed by atoms with Crippen LogP contribution in [0, 0.1) is 5.92 Å². The van der Waals surface area contributed by atoms with Gasteiger partial charge in [-0.2, -0.15) is 0 Å². The summed E-state index contributed by atoms with van der Waals surface area (Å²) in [6.45, 7) is 1.01. The second kappa shape index (κ2) is 7.22. The van der Waals surface area contributed by atoms with E-state index in [0.29, 0.717) is 18.1 Å². The molecule has 1 saturated carbocycles. The third-order valence-electron chi connectivity index (χ3n) is 2.88. The number of nitrogens with one attached hydrogen (secondary N) is 1. The maximum absolute atomic E-state index is 11.8. The van der Waals surface area contributed by atoms with Gasteiger partial charge in [-0.05, 0) is 30.9 Å². The summed E-state index contributed by atoms with van der Waals surface area (Å²) in [6, 6.07) is 2.83. The van der Waals surface area contributed by atoms with Gasteiger partial charge in [0.1, 0.15) is 10.3 Å². The Labute approximate surface area is 127 Å². The van der Waals surface area contributed by atoms with Crippen LogP contribution in [0.5, 0.6) is 0 Å². The predicted molar refractivity (Wildman–Crippen MR) is 76.1 cm³/mol. The minimum absolute atomic E-state index is 0.112. The SMILES string of the molecule is O=C(NCC(O)COCC1CC1)c1cc(Cl)nc(Cl)c1. The van der Waals surface area contributed by atoms with Crippen LogP contribution in [0.1, 0.15) is 23.2 Å². The van der Waals surface area contributed by atoms with Gasteiger partial charge in [0.15, 0.2) is 0 Å². The van der Waals surface area contributed by atoms with Gasteiger partial charge in [0.2, 0.25) is 0 Å². The minimum Gasteiger partial charge on any atom is -0.389 e. The summed E-state index contributed by atoms with van der Waals surface area (Å²) in [5, 5.41) is 12.6. The number of carbonyl (C=O) groups is 1. The van der Waals surface area contributed by atoms with Crippen LogP contribution in [0.2, 0.25) is 10.3 Å². The van der Waals surface area contributed by atoms with E-state index in [4.69, 9.17) is 27.9 Å². The van der Waals surface area contributed by atoms with Gasteiger partial charge in [-0.1, -0.05) is 23.2 Å². The lowest BCUT2D eigenvalue weighted by atomic mass is 10.2. The number of halogens is 2. The highest BCUT2D eigenvalue weighted by molar-refractivity contribution is 6.33. The third-order valence-corrected chi connectivity index (χ3v) is 3.27. The number of hydrogen-bond donors (Lipinski definition) is 2. The van der Waals surface area contributed by atoms with E-state index in [0.717, 1.165) is 0 Å². The predicted octanol–water partition coefficient (Wildman–Crippen LogP) is 1.91. The zero-order valence-electron chi connectivity index (χ0n) is 10.8. The molecule has 5 nitrogen and oxygen atoms in total. The number of aliphatic hydroxyl groups excluding tert-OH is 1. The summed E-state index contributed by atoms with van der Waals surface area (Å²) in [5.41, 5.74) is 0.307. The second-order valence-electron chi connectivity index (χ2n) is 4.85. The van der Waals surface area contributed by atoms with Crippen LogP contribution in [0.3, 0.4) is 0 Å². The summed E-state index contributed by atoms with van der Waals surface area (Å²) in [6.07, 6.45) is 1.68. The fourth-order valence-electron chi connectivity index (χ4n) is 1.62. The molecule has 110 valence electrons. The zero-order valence-corrected chi connectivity index (χ0v) is 12.3. The number of pyridine rings is 1. The smallest absolute Gasteiger partial charge is 0.251 e. The quantitative estimate of drug-likeness (QED) is 0.753. The minimum atomic E-state index is -0.731. The Bertz CT molecular complexity index is 460. The van der Waals surface area contributed by atoms with E-state index in [-0.39, 0.29) is 29.4 Å². The highest BCUT2D eigenvalue weighted by atomic mass is 35.5. The standard InChI is InChI=1S/C13H16Cl2N2O3/c14-11-3-9(4-12(15)17-11)13(19)16-5-10(18)7-20-6-8-1-2-8/h3-4,8,10,18H,1-2,5-7H2,(H,16,19). The largest absolute Gasteiger partial charge is 0.389 e. The molecule has 1 amide bonds. The van der Waals surface area contributed by atoms with Crippen LogP contribution in [-0.4, -0.2) is 41.9 Å². The number of rotatable bonds is 7. The topological polar surface area (TPSA) is 71.5 Å². The summed E-state index contributed by atoms with van der Waals surface area (Å²) in [7, 11) is 0. The Morgan fingerprint density at radius 2 is 2.10 bits per heavy atom. The van der Waals surface area contributed by atoms with E-state index in [1.165, 1.54) is 25.0 Å². The first-order valence-corrected chi connectivity index (χ1v) is 7.17. The fraction of sp³-hybridized carbons (Fsp3) is 0.538. The molecule has 1 aliphatic rings. The molecule has 20 heavy (non-hydrogen) atoms. The average molecular weight is 319 g/mol. The number of carbonyl (C=O) groups excluding carboxylic acids is 1. The molecule has 0 aromatic carbocycles. The Balaban J connectivity index is 1.72. The maximum atomic E-state index is 11.8. The number of hydrogen-bond acceptors (Lipinski definition) is 4. The molecule has 0 radical (unpaired) electrons. The van der Waals surface area contributed by atoms with Crippen molar-refractivity contribution in [2.75, 3.05) is 19.8 Å². The van der Waals surface area contributed by atoms with Gasteiger partial charge in [0.25, 0.3) is 5.91 Å². The van der Waals surface area contributed by atoms with E-state index >= 15 is 0 Å². The van der Waals surface area contributed by atoms with Crippen molar-refractivity contribution in [1.29, 1.82) is 0 Å². The monoisotopic (exact) mass is 318 g/mol. The molecule has 1 aromatic rings. The number of aromatic nitrogens is 1. The second-order valence-corrected chi connectivity index (χ2v) is 5.62. The summed E-state index contributed by atoms with van der Waals surface area (Å²) < 4.78 is 5.34. The Morgan fingerprint density at radius 3 is 2.70 bits per heavy atom. The van der Waals surface area contributed by atoms with Crippen molar-refractivity contribution in [3.05, 3.63) is 28.0 Å². The van der Waals surface area contributed by atoms with Gasteiger partial charge in [-0.15, -0.1) is 0 Å². The molecule has 1 heterocycles. The van der Waals surface area contributed by atoms with Crippen molar-refractivity contribution in [3.8, 4) is 0 Å². The van der Waals surface area contributed by atoms with Gasteiger partial charge < -0.3 is 15.2 Å². The van der Waals surface area contributed by atoms with Gasteiger partial charge in [-0.25, -0.2) is 4.98 Å². The van der Waals surface area contributed by atoms with Crippen molar-refractivity contribution in [2.45, 2.75) is 18.9 Å². The highest BCUT2D eigenvalue weighted by Crippen LogP contribution is 2.28. The normalized spacial score (nSPS) is 15.9. The van der Waals surface area contributed by atoms with Gasteiger partial charge in [0, 0.05) is 18.7 Å². The Kier molecular flexibility index (Phi) is 5.60. The van der Waals surface area contributed by atoms with Crippen LogP contribution in [0.4, 0.5) is 0 Å². The third kappa shape index (κ3) is 5.25. The molecular weight excluding hydrogens is 303 g/mol. The lowest BCUT2D eigenvalue weighted by Gasteiger charge is -2.12. The lowest BCUT2D eigenvalue weighted by Crippen LogP contribution is -2.34. The van der Waals surface area contributed by atoms with Crippen molar-refractivity contribution < 1.29 is 14.6 Å². The van der Waals surface area contributed by atoms with Gasteiger partial charge in [0.05, 0.1) is 12.7 Å². The van der Waals surface area contributed by atoms with E-state index in [2.05, 4.69) is 10.3 Å². The van der Waals surface area contributed by atoms with E-state index in [1.807, 2.05) is 0 Å². The molecule has 0 saturated heterocycles. The first kappa shape index (κ1) is 15.5. The van der Waals surface area contributed by atoms with Crippen LogP contribution < -0.4 is 5.32 Å². The van der Waals surface area contributed by atoms with Gasteiger partial charge >= 0.3 is 0 Å². The lowest BCUT2D eigenvalue weighted by molar-refractivity contribution is 0.0320. The Hall–Kier alpha value is -0.880. The molecule has 1 fully saturated rings. The molecule has 2 rings (SSSR count). The molecule has 1 aliphatic carbocycles. The molecule has 0 bridgehead atoms. The number of nitrogens with zero attached hydrogens (tertiary/aromatic N) is 1. The first-order valence-electron chi connectivity index (χ1n) is 6.41. The summed E-state index contributed by atoms with van der Waals surface area (Å²) in [4.78, 5) is 15.6. The molecular formula is C13H16Cl2N2O3. The van der Waals surface area contributed by atoms with Crippen molar-refractivity contribution >= 4 is 29.1 Å². The first-order chi connectivity index (χ1) is 9.54. The van der Waals surface area contributed by atoms with E-state index < -0.39 is 6.10 Å². The summed E-state index contributed by atoms with van der Waals surface area (Å²) in [5.74, 6) is 0.287. The van der Waals surface area contributed by atoms with Crippen LogP contribution in [0.25, 0.3) is 0 Å². The van der Waals surface area contributed by atoms with Gasteiger partial charge in [-0.3, -0.25) is 4.79 Å². The van der Waals surface area contributed by atoms with E-state index in [1.54, 1.807) is 0 Å².